The number of alkyl halides is 3. The molecule has 1 aliphatic heterocycles. The number of hydrogen-bond donors (Lipinski definition) is 1. The summed E-state index contributed by atoms with van der Waals surface area (Å²) >= 11 is 0. The molecular weight excluding hydrogens is 441 g/mol. The van der Waals surface area contributed by atoms with Crippen LogP contribution < -0.4 is 15.0 Å². The number of methoxy groups -OCH3 is 1. The molecule has 1 N–H and O–H groups in total. The van der Waals surface area contributed by atoms with Crippen molar-refractivity contribution in [3.63, 3.8) is 0 Å². The second-order valence-electron chi connectivity index (χ2n) is 7.39. The third-order valence-corrected chi connectivity index (χ3v) is 5.09. The number of amides is 1. The number of ether oxygens (including phenoxy) is 3. The molecule has 10 heteroatoms. The fraction of sp³-hybridized carbons (Fsp3) is 0.391. The van der Waals surface area contributed by atoms with Gasteiger partial charge < -0.3 is 24.4 Å². The van der Waals surface area contributed by atoms with Crippen LogP contribution >= 0.6 is 0 Å². The van der Waals surface area contributed by atoms with Gasteiger partial charge in [-0.1, -0.05) is 12.1 Å². The molecule has 0 radical (unpaired) electrons. The fourth-order valence-electron chi connectivity index (χ4n) is 3.34. The molecule has 3 rings (SSSR count). The molecule has 0 saturated carbocycles. The first kappa shape index (κ1) is 24.4. The largest absolute Gasteiger partial charge is 0.497 e. The number of benzene rings is 2. The summed E-state index contributed by atoms with van der Waals surface area (Å²) in [6.07, 6.45) is -4.08. The average Bonchev–Trinajstić information content (AvgIpc) is 2.81. The number of carbonyl (C=O) groups is 2. The summed E-state index contributed by atoms with van der Waals surface area (Å²) in [5.74, 6) is -0.607. The van der Waals surface area contributed by atoms with Crippen LogP contribution in [0.15, 0.2) is 42.5 Å². The lowest BCUT2D eigenvalue weighted by molar-refractivity contribution is -0.147. The normalized spacial score (nSPS) is 14.0. The number of rotatable bonds is 8. The molecule has 2 aromatic carbocycles. The Kier molecular flexibility index (Phi) is 8.16. The molecule has 0 aromatic heterocycles. The van der Waals surface area contributed by atoms with Crippen molar-refractivity contribution in [2.75, 3.05) is 50.2 Å². The lowest BCUT2D eigenvalue weighted by Gasteiger charge is -2.31. The molecule has 0 spiro atoms. The maximum Gasteiger partial charge on any atom is 0.416 e. The lowest BCUT2D eigenvalue weighted by Crippen LogP contribution is -2.37. The molecule has 0 atom stereocenters. The Morgan fingerprint density at radius 3 is 2.42 bits per heavy atom. The van der Waals surface area contributed by atoms with E-state index in [1.807, 2.05) is 17.0 Å². The second kappa shape index (κ2) is 11.0. The first-order valence-electron chi connectivity index (χ1n) is 10.4. The van der Waals surface area contributed by atoms with Gasteiger partial charge in [0.15, 0.2) is 6.61 Å². The second-order valence-corrected chi connectivity index (χ2v) is 7.39. The summed E-state index contributed by atoms with van der Waals surface area (Å²) in [6.45, 7) is 1.23. The van der Waals surface area contributed by atoms with E-state index in [9.17, 15) is 22.8 Å². The minimum Gasteiger partial charge on any atom is -0.497 e. The number of aryl methyl sites for hydroxylation is 1. The van der Waals surface area contributed by atoms with Crippen LogP contribution in [0.3, 0.4) is 0 Å². The van der Waals surface area contributed by atoms with E-state index in [1.165, 1.54) is 6.07 Å². The van der Waals surface area contributed by atoms with Crippen molar-refractivity contribution in [1.82, 2.24) is 0 Å². The van der Waals surface area contributed by atoms with Crippen LogP contribution in [0.5, 0.6) is 5.75 Å². The summed E-state index contributed by atoms with van der Waals surface area (Å²) in [5, 5.41) is 2.45. The highest BCUT2D eigenvalue weighted by Crippen LogP contribution is 2.35. The number of hydrogen-bond acceptors (Lipinski definition) is 6. The van der Waals surface area contributed by atoms with E-state index >= 15 is 0 Å². The van der Waals surface area contributed by atoms with Crippen LogP contribution in [-0.2, 0) is 31.7 Å². The van der Waals surface area contributed by atoms with E-state index in [-0.39, 0.29) is 12.1 Å². The Morgan fingerprint density at radius 1 is 1.09 bits per heavy atom. The van der Waals surface area contributed by atoms with E-state index in [2.05, 4.69) is 5.32 Å². The maximum atomic E-state index is 13.2. The number of esters is 1. The van der Waals surface area contributed by atoms with Crippen molar-refractivity contribution in [1.29, 1.82) is 0 Å². The molecule has 178 valence electrons. The van der Waals surface area contributed by atoms with Crippen molar-refractivity contribution in [3.8, 4) is 5.75 Å². The van der Waals surface area contributed by atoms with Crippen molar-refractivity contribution in [2.24, 2.45) is 0 Å². The molecule has 33 heavy (non-hydrogen) atoms. The molecule has 0 unspecified atom stereocenters. The predicted molar refractivity (Wildman–Crippen MR) is 115 cm³/mol. The monoisotopic (exact) mass is 466 g/mol. The maximum absolute atomic E-state index is 13.2. The van der Waals surface area contributed by atoms with E-state index in [1.54, 1.807) is 19.2 Å². The van der Waals surface area contributed by atoms with Crippen molar-refractivity contribution in [2.45, 2.75) is 19.0 Å². The topological polar surface area (TPSA) is 77.1 Å². The van der Waals surface area contributed by atoms with E-state index in [0.717, 1.165) is 17.7 Å². The average molecular weight is 466 g/mol. The zero-order valence-corrected chi connectivity index (χ0v) is 18.1. The Balaban J connectivity index is 1.58. The van der Waals surface area contributed by atoms with Gasteiger partial charge in [0.1, 0.15) is 5.75 Å². The van der Waals surface area contributed by atoms with Gasteiger partial charge >= 0.3 is 12.1 Å². The van der Waals surface area contributed by atoms with Gasteiger partial charge in [-0.2, -0.15) is 13.2 Å². The zero-order valence-electron chi connectivity index (χ0n) is 18.1. The molecule has 1 amide bonds. The van der Waals surface area contributed by atoms with Crippen molar-refractivity contribution < 1.29 is 37.0 Å². The highest BCUT2D eigenvalue weighted by Gasteiger charge is 2.32. The summed E-state index contributed by atoms with van der Waals surface area (Å²) < 4.78 is 54.9. The van der Waals surface area contributed by atoms with Gasteiger partial charge in [-0.15, -0.1) is 0 Å². The minimum atomic E-state index is -4.56. The highest BCUT2D eigenvalue weighted by molar-refractivity contribution is 5.96. The summed E-state index contributed by atoms with van der Waals surface area (Å²) in [7, 11) is 1.56. The summed E-state index contributed by atoms with van der Waals surface area (Å²) in [5.41, 5.74) is 0.471. The minimum absolute atomic E-state index is 0.00556. The zero-order chi connectivity index (χ0) is 23.8. The van der Waals surface area contributed by atoms with Gasteiger partial charge in [-0.25, -0.2) is 0 Å². The molecule has 1 fully saturated rings. The Labute approximate surface area is 189 Å². The summed E-state index contributed by atoms with van der Waals surface area (Å²) in [6, 6.07) is 10.4. The highest BCUT2D eigenvalue weighted by atomic mass is 19.4. The number of nitrogens with one attached hydrogen (secondary N) is 1. The van der Waals surface area contributed by atoms with Crippen molar-refractivity contribution >= 4 is 23.3 Å². The Morgan fingerprint density at radius 2 is 1.79 bits per heavy atom. The van der Waals surface area contributed by atoms with Crippen LogP contribution in [0.2, 0.25) is 0 Å². The van der Waals surface area contributed by atoms with E-state index in [4.69, 9.17) is 14.2 Å². The Hall–Kier alpha value is -3.27. The molecule has 0 aliphatic carbocycles. The summed E-state index contributed by atoms with van der Waals surface area (Å²) in [4.78, 5) is 26.2. The van der Waals surface area contributed by atoms with Gasteiger partial charge in [-0.3, -0.25) is 9.59 Å². The molecule has 0 bridgehead atoms. The standard InChI is InChI=1S/C23H25F3N2O5/c1-31-18-6-2-16(3-7-18)4-9-22(30)33-15-21(29)27-19-14-17(23(24,25)26)5-8-20(19)28-10-12-32-13-11-28/h2-3,5-8,14H,4,9-13,15H2,1H3,(H,27,29). The van der Waals surface area contributed by atoms with Crippen LogP contribution in [0.4, 0.5) is 24.5 Å². The fourth-order valence-corrected chi connectivity index (χ4v) is 3.34. The van der Waals surface area contributed by atoms with E-state index in [0.29, 0.717) is 44.2 Å². The SMILES string of the molecule is COc1ccc(CCC(=O)OCC(=O)Nc2cc(C(F)(F)F)ccc2N2CCOCC2)cc1. The van der Waals surface area contributed by atoms with Gasteiger partial charge in [-0.05, 0) is 42.3 Å². The number of anilines is 2. The Bertz CT molecular complexity index is 958. The van der Waals surface area contributed by atoms with Crippen LogP contribution in [-0.4, -0.2) is 51.9 Å². The predicted octanol–water partition coefficient (Wildman–Crippen LogP) is 3.67. The first-order chi connectivity index (χ1) is 15.8. The molecular formula is C23H25F3N2O5. The quantitative estimate of drug-likeness (QED) is 0.599. The molecule has 1 heterocycles. The third kappa shape index (κ3) is 7.11. The lowest BCUT2D eigenvalue weighted by atomic mass is 10.1. The van der Waals surface area contributed by atoms with Crippen LogP contribution in [0, 0.1) is 0 Å². The number of halogens is 3. The smallest absolute Gasteiger partial charge is 0.416 e. The number of carbonyl (C=O) groups excluding carboxylic acids is 2. The van der Waals surface area contributed by atoms with E-state index < -0.39 is 30.2 Å². The van der Waals surface area contributed by atoms with Gasteiger partial charge in [0.25, 0.3) is 5.91 Å². The van der Waals surface area contributed by atoms with Gasteiger partial charge in [0.2, 0.25) is 0 Å². The number of morpholine rings is 1. The molecule has 7 nitrogen and oxygen atoms in total. The van der Waals surface area contributed by atoms with Gasteiger partial charge in [0.05, 0.1) is 37.3 Å². The first-order valence-corrected chi connectivity index (χ1v) is 10.4. The van der Waals surface area contributed by atoms with Crippen molar-refractivity contribution in [3.05, 3.63) is 53.6 Å². The van der Waals surface area contributed by atoms with Crippen LogP contribution in [0.1, 0.15) is 17.5 Å². The molecule has 1 saturated heterocycles. The van der Waals surface area contributed by atoms with Crippen LogP contribution in [0.25, 0.3) is 0 Å². The van der Waals surface area contributed by atoms with Gasteiger partial charge in [0, 0.05) is 19.5 Å². The molecule has 1 aliphatic rings. The number of nitrogens with zero attached hydrogens (tertiary/aromatic N) is 1. The third-order valence-electron chi connectivity index (χ3n) is 5.09. The molecule has 2 aromatic rings.